The molecule has 0 radical (unpaired) electrons. The molecule has 0 amide bonds. The molecule has 1 nitrogen and oxygen atoms in total. The molecule has 0 aromatic heterocycles. The van der Waals surface area contributed by atoms with E-state index in [-0.39, 0.29) is 14.1 Å². The molecule has 3 heteroatoms. The van der Waals surface area contributed by atoms with E-state index in [1.165, 1.54) is 30.0 Å². The fourth-order valence-electron chi connectivity index (χ4n) is 1.30. The fraction of sp³-hybridized carbons (Fsp3) is 1.00. The van der Waals surface area contributed by atoms with Crippen LogP contribution in [-0.4, -0.2) is 49.1 Å². The maximum absolute atomic E-state index is 2.63. The second kappa shape index (κ2) is 4.67. The Balaban J connectivity index is 2.13. The third-order valence-corrected chi connectivity index (χ3v) is 3.92. The molecule has 10 heavy (non-hydrogen) atoms. The molecule has 0 saturated carbocycles. The largest absolute Gasteiger partial charge is 0.315 e. The fourth-order valence-corrected chi connectivity index (χ4v) is 3.68. The van der Waals surface area contributed by atoms with Gasteiger partial charge in [-0.05, 0) is 5.41 Å². The number of thioether (sulfide) groups is 1. The van der Waals surface area contributed by atoms with Crippen LogP contribution in [0, 0.1) is 0 Å². The molecule has 1 aliphatic heterocycles. The van der Waals surface area contributed by atoms with E-state index in [2.05, 4.69) is 28.2 Å². The summed E-state index contributed by atoms with van der Waals surface area (Å²) in [5, 5.41) is 1.43. The Morgan fingerprint density at radius 3 is 2.40 bits per heavy atom. The molecule has 0 unspecified atom stereocenters. The molecule has 1 heterocycles. The van der Waals surface area contributed by atoms with E-state index in [0.29, 0.717) is 0 Å². The number of hydrogen-bond donors (Lipinski definition) is 0. The molecule has 1 saturated heterocycles. The average Bonchev–Trinajstić information content (AvgIpc) is 1.88. The quantitative estimate of drug-likeness (QED) is 0.580. The molecule has 1 rings (SSSR count). The highest BCUT2D eigenvalue weighted by Gasteiger charge is 2.13. The SMILES string of the molecule is [CH3][Al]([CH3])[CH2]N1CCSCC1. The molecule has 0 spiro atoms. The van der Waals surface area contributed by atoms with Gasteiger partial charge >= 0.3 is 0 Å². The van der Waals surface area contributed by atoms with Crippen LogP contribution in [0.2, 0.25) is 11.6 Å². The molecule has 58 valence electrons. The van der Waals surface area contributed by atoms with Crippen LogP contribution in [0.25, 0.3) is 0 Å². The number of hydrogen-bond acceptors (Lipinski definition) is 2. The summed E-state index contributed by atoms with van der Waals surface area (Å²) >= 11 is 1.77. The van der Waals surface area contributed by atoms with Crippen molar-refractivity contribution in [2.45, 2.75) is 11.6 Å². The van der Waals surface area contributed by atoms with Crippen LogP contribution in [0.1, 0.15) is 0 Å². The van der Waals surface area contributed by atoms with Crippen molar-refractivity contribution in [1.29, 1.82) is 0 Å². The molecule has 0 aliphatic carbocycles. The molecule has 0 bridgehead atoms. The summed E-state index contributed by atoms with van der Waals surface area (Å²) in [5.41, 5.74) is 0. The Morgan fingerprint density at radius 2 is 1.90 bits per heavy atom. The van der Waals surface area contributed by atoms with Crippen LogP contribution >= 0.6 is 11.8 Å². The smallest absolute Gasteiger partial charge is 0.275 e. The van der Waals surface area contributed by atoms with Crippen molar-refractivity contribution in [3.63, 3.8) is 0 Å². The standard InChI is InChI=1S/C5H10NS.2CH3.Al/c1-6-2-4-7-5-3-6;;;/h1-5H2;2*1H3;. The van der Waals surface area contributed by atoms with Crippen molar-refractivity contribution in [3.8, 4) is 0 Å². The molecule has 0 N–H and O–H groups in total. The third-order valence-electron chi connectivity index (χ3n) is 1.73. The summed E-state index contributed by atoms with van der Waals surface area (Å²) in [6.45, 7) is 2.69. The van der Waals surface area contributed by atoms with E-state index in [4.69, 9.17) is 0 Å². The minimum absolute atomic E-state index is 0.327. The Labute approximate surface area is 72.6 Å². The van der Waals surface area contributed by atoms with Crippen molar-refractivity contribution >= 4 is 25.9 Å². The summed E-state index contributed by atoms with van der Waals surface area (Å²) in [6, 6.07) is 0. The van der Waals surface area contributed by atoms with Gasteiger partial charge in [0, 0.05) is 24.6 Å². The van der Waals surface area contributed by atoms with Crippen molar-refractivity contribution < 1.29 is 0 Å². The van der Waals surface area contributed by atoms with Crippen LogP contribution in [0.15, 0.2) is 0 Å². The lowest BCUT2D eigenvalue weighted by atomic mass is 10.6. The van der Waals surface area contributed by atoms with Gasteiger partial charge in [0.05, 0.1) is 0 Å². The molecule has 0 aromatic rings. The first-order valence-corrected chi connectivity index (χ1v) is 8.37. The zero-order valence-corrected chi connectivity index (χ0v) is 8.94. The van der Waals surface area contributed by atoms with Gasteiger partial charge in [-0.15, -0.1) is 11.6 Å². The maximum atomic E-state index is 2.63. The van der Waals surface area contributed by atoms with Gasteiger partial charge in [0.15, 0.2) is 0 Å². The minimum Gasteiger partial charge on any atom is -0.315 e. The van der Waals surface area contributed by atoms with Gasteiger partial charge in [-0.1, -0.05) is 0 Å². The lowest BCUT2D eigenvalue weighted by Gasteiger charge is -2.26. The second-order valence-corrected chi connectivity index (χ2v) is 7.68. The van der Waals surface area contributed by atoms with E-state index in [1.54, 1.807) is 0 Å². The van der Waals surface area contributed by atoms with E-state index in [0.717, 1.165) is 0 Å². The van der Waals surface area contributed by atoms with Crippen LogP contribution in [-0.2, 0) is 0 Å². The molecular formula is C7H16AlNS. The monoisotopic (exact) mass is 173 g/mol. The van der Waals surface area contributed by atoms with Crippen LogP contribution in [0.5, 0.6) is 0 Å². The topological polar surface area (TPSA) is 3.24 Å². The van der Waals surface area contributed by atoms with Crippen LogP contribution in [0.3, 0.4) is 0 Å². The average molecular weight is 173 g/mol. The molecular weight excluding hydrogens is 157 g/mol. The maximum Gasteiger partial charge on any atom is 0.275 e. The van der Waals surface area contributed by atoms with Gasteiger partial charge in [-0.3, -0.25) is 0 Å². The van der Waals surface area contributed by atoms with Gasteiger partial charge in [-0.25, -0.2) is 0 Å². The van der Waals surface area contributed by atoms with Gasteiger partial charge in [-0.2, -0.15) is 11.8 Å². The van der Waals surface area contributed by atoms with Crippen LogP contribution in [0.4, 0.5) is 0 Å². The molecule has 1 fully saturated rings. The normalized spacial score (nSPS) is 21.0. The summed E-state index contributed by atoms with van der Waals surface area (Å²) in [5.74, 6) is 7.59. The van der Waals surface area contributed by atoms with Crippen molar-refractivity contribution in [3.05, 3.63) is 0 Å². The van der Waals surface area contributed by atoms with Crippen molar-refractivity contribution in [2.75, 3.05) is 30.0 Å². The van der Waals surface area contributed by atoms with E-state index < -0.39 is 0 Å². The van der Waals surface area contributed by atoms with Crippen LogP contribution < -0.4 is 0 Å². The summed E-state index contributed by atoms with van der Waals surface area (Å²) < 4.78 is 0. The summed E-state index contributed by atoms with van der Waals surface area (Å²) in [4.78, 5) is 2.63. The number of nitrogens with zero attached hydrogens (tertiary/aromatic N) is 1. The third kappa shape index (κ3) is 3.30. The first-order chi connectivity index (χ1) is 4.79. The predicted molar refractivity (Wildman–Crippen MR) is 51.2 cm³/mol. The van der Waals surface area contributed by atoms with E-state index >= 15 is 0 Å². The predicted octanol–water partition coefficient (Wildman–Crippen LogP) is 1.33. The molecule has 0 aromatic carbocycles. The lowest BCUT2D eigenvalue weighted by molar-refractivity contribution is 0.349. The van der Waals surface area contributed by atoms with Crippen molar-refractivity contribution in [2.24, 2.45) is 0 Å². The molecule has 1 aliphatic rings. The Kier molecular flexibility index (Phi) is 4.17. The zero-order chi connectivity index (χ0) is 7.40. The van der Waals surface area contributed by atoms with E-state index in [1.807, 2.05) is 0 Å². The minimum atomic E-state index is -0.327. The van der Waals surface area contributed by atoms with Gasteiger partial charge in [0.25, 0.3) is 14.1 Å². The number of rotatable bonds is 2. The Hall–Kier alpha value is 0.842. The van der Waals surface area contributed by atoms with Gasteiger partial charge in [0.2, 0.25) is 0 Å². The highest BCUT2D eigenvalue weighted by molar-refractivity contribution is 7.99. The zero-order valence-electron chi connectivity index (χ0n) is 6.97. The first-order valence-electron chi connectivity index (χ1n) is 4.09. The lowest BCUT2D eigenvalue weighted by Crippen LogP contribution is -2.38. The Morgan fingerprint density at radius 1 is 1.30 bits per heavy atom. The second-order valence-electron chi connectivity index (χ2n) is 3.31. The highest BCUT2D eigenvalue weighted by Crippen LogP contribution is 2.08. The summed E-state index contributed by atoms with van der Waals surface area (Å²) in [6.07, 6.45) is 0. The van der Waals surface area contributed by atoms with Crippen molar-refractivity contribution in [1.82, 2.24) is 4.90 Å². The first kappa shape index (κ1) is 8.93. The van der Waals surface area contributed by atoms with Gasteiger partial charge in [0.1, 0.15) is 0 Å². The Bertz CT molecular complexity index is 91.6. The molecule has 0 atom stereocenters. The summed E-state index contributed by atoms with van der Waals surface area (Å²) in [7, 11) is 0. The highest BCUT2D eigenvalue weighted by atomic mass is 32.2. The van der Waals surface area contributed by atoms with E-state index in [9.17, 15) is 0 Å². The van der Waals surface area contributed by atoms with Gasteiger partial charge < -0.3 is 4.90 Å².